The quantitative estimate of drug-likeness (QED) is 0.108. The second kappa shape index (κ2) is 20.6. The predicted octanol–water partition coefficient (Wildman–Crippen LogP) is 15.8. The first-order valence-corrected chi connectivity index (χ1v) is 23.0. The fourth-order valence-corrected chi connectivity index (χ4v) is 8.53. The van der Waals surface area contributed by atoms with Gasteiger partial charge in [-0.3, -0.25) is 0 Å². The number of ether oxygens (including phenoxy) is 2. The van der Waals surface area contributed by atoms with Crippen LogP contribution < -0.4 is 9.47 Å². The van der Waals surface area contributed by atoms with E-state index in [1.54, 1.807) is 36.7 Å². The third-order valence-electron chi connectivity index (χ3n) is 12.4. The standard InChI is InChI=1S/C63H46F2N3O2.Ir/c1-62(2,69-60-30-28-48(38-55(60)64)57-18-10-12-33-66-57)51-36-50(37-52(41-51)63(3,4)70-61-31-29-49(39-56(61)65)58-19-11-13-34-67-58)54-17-9-8-16-53(54)45-24-26-46(27-25-45)59-40-47(32-35-68-59)44-22-20-43(21-23-44)42-14-6-5-7-15-42;/h5-26,30-41H,1-4H3;/q-3;+3. The maximum absolute atomic E-state index is 15.9. The van der Waals surface area contributed by atoms with E-state index in [9.17, 15) is 0 Å². The van der Waals surface area contributed by atoms with Crippen molar-refractivity contribution in [2.24, 2.45) is 0 Å². The smallest absolute Gasteiger partial charge is 0.524 e. The molecule has 0 radical (unpaired) electrons. The van der Waals surface area contributed by atoms with Gasteiger partial charge in [-0.25, -0.2) is 8.78 Å². The van der Waals surface area contributed by atoms with Crippen molar-refractivity contribution >= 4 is 0 Å². The first kappa shape index (κ1) is 48.1. The van der Waals surface area contributed by atoms with Gasteiger partial charge in [0, 0.05) is 18.6 Å². The van der Waals surface area contributed by atoms with E-state index < -0.39 is 22.8 Å². The first-order valence-electron chi connectivity index (χ1n) is 23.0. The van der Waals surface area contributed by atoms with E-state index in [2.05, 4.69) is 101 Å². The van der Waals surface area contributed by atoms with Crippen molar-refractivity contribution in [3.63, 3.8) is 0 Å². The van der Waals surface area contributed by atoms with Crippen LogP contribution in [0.2, 0.25) is 0 Å². The maximum atomic E-state index is 15.9. The molecule has 10 rings (SSSR count). The minimum Gasteiger partial charge on any atom is -0.524 e. The van der Waals surface area contributed by atoms with Crippen LogP contribution in [0.3, 0.4) is 0 Å². The molecule has 0 saturated heterocycles. The molecule has 0 aliphatic rings. The minimum absolute atomic E-state index is 0. The Labute approximate surface area is 427 Å². The van der Waals surface area contributed by atoms with Gasteiger partial charge in [0.25, 0.3) is 0 Å². The Morgan fingerprint density at radius 2 is 0.845 bits per heavy atom. The van der Waals surface area contributed by atoms with Crippen LogP contribution >= 0.6 is 0 Å². The number of hydrogen-bond donors (Lipinski definition) is 0. The van der Waals surface area contributed by atoms with Crippen molar-refractivity contribution in [3.05, 3.63) is 248 Å². The van der Waals surface area contributed by atoms with E-state index in [0.29, 0.717) is 22.5 Å². The van der Waals surface area contributed by atoms with Gasteiger partial charge in [0.05, 0.1) is 23.1 Å². The Kier molecular flexibility index (Phi) is 14.0. The molecule has 8 heteroatoms. The Balaban J connectivity index is 0.00000624. The summed E-state index contributed by atoms with van der Waals surface area (Å²) in [6.45, 7) is 7.57. The molecule has 0 aliphatic heterocycles. The summed E-state index contributed by atoms with van der Waals surface area (Å²) < 4.78 is 44.9. The second-order valence-electron chi connectivity index (χ2n) is 18.0. The Morgan fingerprint density at radius 3 is 1.35 bits per heavy atom. The summed E-state index contributed by atoms with van der Waals surface area (Å²) >= 11 is 0. The van der Waals surface area contributed by atoms with Gasteiger partial charge in [-0.05, 0) is 126 Å². The summed E-state index contributed by atoms with van der Waals surface area (Å²) in [4.78, 5) is 13.4. The zero-order valence-electron chi connectivity index (χ0n) is 39.4. The van der Waals surface area contributed by atoms with Crippen molar-refractivity contribution in [1.82, 2.24) is 15.0 Å². The van der Waals surface area contributed by atoms with E-state index in [0.717, 1.165) is 61.3 Å². The molecule has 71 heavy (non-hydrogen) atoms. The van der Waals surface area contributed by atoms with Crippen molar-refractivity contribution in [1.29, 1.82) is 0 Å². The van der Waals surface area contributed by atoms with Crippen molar-refractivity contribution in [2.45, 2.75) is 38.9 Å². The summed E-state index contributed by atoms with van der Waals surface area (Å²) in [5.74, 6) is -1.01. The van der Waals surface area contributed by atoms with Crippen molar-refractivity contribution in [3.8, 4) is 89.8 Å². The largest absolute Gasteiger partial charge is 3.00 e. The van der Waals surface area contributed by atoms with E-state index in [1.807, 2.05) is 101 Å². The molecule has 0 bridgehead atoms. The molecular formula is C63H46F2IrN3O2. The maximum Gasteiger partial charge on any atom is 3.00 e. The van der Waals surface area contributed by atoms with Gasteiger partial charge >= 0.3 is 20.1 Å². The average molecular weight is 1110 g/mol. The molecule has 0 spiro atoms. The molecule has 0 fully saturated rings. The van der Waals surface area contributed by atoms with E-state index >= 15 is 8.78 Å². The fourth-order valence-electron chi connectivity index (χ4n) is 8.53. The molecule has 0 saturated carbocycles. The Morgan fingerprint density at radius 1 is 0.380 bits per heavy atom. The number of rotatable bonds is 13. The Bertz CT molecular complexity index is 3320. The molecule has 0 atom stereocenters. The monoisotopic (exact) mass is 1110 g/mol. The van der Waals surface area contributed by atoms with Crippen molar-refractivity contribution in [2.75, 3.05) is 0 Å². The van der Waals surface area contributed by atoms with Gasteiger partial charge < -0.3 is 24.4 Å². The van der Waals surface area contributed by atoms with E-state index in [-0.39, 0.29) is 31.6 Å². The number of benzene rings is 7. The fraction of sp³-hybridized carbons (Fsp3) is 0.0952. The van der Waals surface area contributed by atoms with E-state index in [4.69, 9.17) is 14.5 Å². The molecule has 5 nitrogen and oxygen atoms in total. The summed E-state index contributed by atoms with van der Waals surface area (Å²) in [5, 5.41) is 0. The van der Waals surface area contributed by atoms with E-state index in [1.165, 1.54) is 29.8 Å². The molecule has 3 heterocycles. The van der Waals surface area contributed by atoms with Crippen LogP contribution in [0.5, 0.6) is 11.5 Å². The number of aromatic nitrogens is 3. The van der Waals surface area contributed by atoms with Crippen LogP contribution in [-0.4, -0.2) is 15.0 Å². The molecule has 0 amide bonds. The molecule has 3 aromatic heterocycles. The summed E-state index contributed by atoms with van der Waals surface area (Å²) in [6.07, 6.45) is 5.15. The number of pyridine rings is 3. The first-order chi connectivity index (χ1) is 34.0. The number of halogens is 2. The van der Waals surface area contributed by atoms with Crippen LogP contribution in [-0.2, 0) is 31.3 Å². The normalized spacial score (nSPS) is 11.4. The molecule has 348 valence electrons. The average Bonchev–Trinajstić information content (AvgIpc) is 3.40. The van der Waals surface area contributed by atoms with Crippen LogP contribution in [0.25, 0.3) is 78.3 Å². The van der Waals surface area contributed by atoms with Gasteiger partial charge in [0.15, 0.2) is 0 Å². The van der Waals surface area contributed by atoms with Gasteiger partial charge in [0.2, 0.25) is 0 Å². The molecular weight excluding hydrogens is 1060 g/mol. The third-order valence-corrected chi connectivity index (χ3v) is 12.4. The number of nitrogens with zero attached hydrogens (tertiary/aromatic N) is 3. The van der Waals surface area contributed by atoms with Gasteiger partial charge in [-0.15, -0.1) is 77.4 Å². The molecule has 0 aliphatic carbocycles. The third kappa shape index (κ3) is 10.7. The zero-order valence-corrected chi connectivity index (χ0v) is 41.8. The van der Waals surface area contributed by atoms with Crippen LogP contribution in [0.15, 0.2) is 207 Å². The summed E-state index contributed by atoms with van der Waals surface area (Å²) in [7, 11) is 0. The number of hydrogen-bond acceptors (Lipinski definition) is 5. The van der Waals surface area contributed by atoms with Gasteiger partial charge in [-0.2, -0.15) is 0 Å². The van der Waals surface area contributed by atoms with Crippen LogP contribution in [0.4, 0.5) is 8.78 Å². The SMILES string of the molecule is CC(C)(Oc1c[c-]c(-c2ccccn2)cc1F)c1cc(-c2ccccc2-c2c[c-]c(-c3cc(-c4ccc(-c5ccccc5)cc4)ccn3)cc2)cc(C(C)(C)Oc2c[c-]c(-c3ccccn3)cc2F)c1.[Ir+3]. The molecule has 0 unspecified atom stereocenters. The van der Waals surface area contributed by atoms with Crippen molar-refractivity contribution < 1.29 is 38.4 Å². The summed E-state index contributed by atoms with van der Waals surface area (Å²) in [5.41, 5.74) is 11.4. The minimum atomic E-state index is -1.08. The molecule has 10 aromatic rings. The molecule has 7 aromatic carbocycles. The van der Waals surface area contributed by atoms with Gasteiger partial charge in [0.1, 0.15) is 11.2 Å². The summed E-state index contributed by atoms with van der Waals surface area (Å²) in [6, 6.07) is 69.9. The van der Waals surface area contributed by atoms with Crippen LogP contribution in [0, 0.1) is 29.8 Å². The second-order valence-corrected chi connectivity index (χ2v) is 18.0. The topological polar surface area (TPSA) is 57.1 Å². The Hall–Kier alpha value is -7.90. The molecule has 0 N–H and O–H groups in total. The predicted molar refractivity (Wildman–Crippen MR) is 274 cm³/mol. The zero-order chi connectivity index (χ0) is 48.2. The van der Waals surface area contributed by atoms with Gasteiger partial charge in [-0.1, -0.05) is 120 Å². The van der Waals surface area contributed by atoms with Crippen LogP contribution in [0.1, 0.15) is 38.8 Å².